The molecular formula is C23H33BN4O4S. The molecule has 1 saturated carbocycles. The van der Waals surface area contributed by atoms with Crippen LogP contribution in [0.4, 0.5) is 5.82 Å². The van der Waals surface area contributed by atoms with Crippen LogP contribution in [0.15, 0.2) is 53.6 Å². The van der Waals surface area contributed by atoms with Gasteiger partial charge >= 0.3 is 7.12 Å². The van der Waals surface area contributed by atoms with Crippen LogP contribution in [-0.4, -0.2) is 66.8 Å². The number of anilines is 1. The highest BCUT2D eigenvalue weighted by Gasteiger charge is 2.32. The first-order valence-electron chi connectivity index (χ1n) is 11.4. The second kappa shape index (κ2) is 13.6. The molecule has 0 radical (unpaired) electrons. The minimum absolute atomic E-state index is 0.0871. The molecule has 10 heteroatoms. The fourth-order valence-corrected chi connectivity index (χ4v) is 3.97. The first-order chi connectivity index (χ1) is 16.0. The van der Waals surface area contributed by atoms with Gasteiger partial charge in [-0.15, -0.1) is 0 Å². The Bertz CT molecular complexity index is 834. The average Bonchev–Trinajstić information content (AvgIpc) is 3.65. The smallest absolute Gasteiger partial charge is 0.426 e. The van der Waals surface area contributed by atoms with Gasteiger partial charge in [0.05, 0.1) is 25.7 Å². The highest BCUT2D eigenvalue weighted by atomic mass is 32.2. The van der Waals surface area contributed by atoms with Gasteiger partial charge in [-0.3, -0.25) is 9.52 Å². The lowest BCUT2D eigenvalue weighted by molar-refractivity contribution is -0.120. The van der Waals surface area contributed by atoms with E-state index in [1.165, 1.54) is 17.5 Å². The number of aryl methyl sites for hydroxylation is 1. The Morgan fingerprint density at radius 2 is 1.94 bits per heavy atom. The molecule has 2 heterocycles. The number of morpholine rings is 1. The van der Waals surface area contributed by atoms with E-state index in [1.807, 2.05) is 30.3 Å². The van der Waals surface area contributed by atoms with Crippen molar-refractivity contribution >= 4 is 30.8 Å². The number of nitrogens with one attached hydrogen (secondary N) is 2. The van der Waals surface area contributed by atoms with Gasteiger partial charge in [0.15, 0.2) is 0 Å². The molecule has 1 aliphatic heterocycles. The number of carbonyl (C=O) groups is 1. The monoisotopic (exact) mass is 472 g/mol. The van der Waals surface area contributed by atoms with Crippen molar-refractivity contribution in [3.63, 3.8) is 0 Å². The zero-order valence-electron chi connectivity index (χ0n) is 19.0. The number of carbonyl (C=O) groups excluding carboxylic acids is 1. The van der Waals surface area contributed by atoms with E-state index in [2.05, 4.69) is 39.0 Å². The van der Waals surface area contributed by atoms with E-state index in [0.717, 1.165) is 49.9 Å². The molecule has 1 aromatic carbocycles. The molecule has 0 spiro atoms. The van der Waals surface area contributed by atoms with Crippen molar-refractivity contribution in [2.24, 2.45) is 5.92 Å². The number of nitrogens with zero attached hydrogens (tertiary/aromatic N) is 2. The average molecular weight is 472 g/mol. The maximum atomic E-state index is 12.0. The van der Waals surface area contributed by atoms with Crippen LogP contribution in [0.2, 0.25) is 0 Å². The fourth-order valence-electron chi connectivity index (χ4n) is 3.36. The van der Waals surface area contributed by atoms with Crippen LogP contribution in [0.3, 0.4) is 0 Å². The molecule has 1 aromatic heterocycles. The Balaban J connectivity index is 0.000000374. The van der Waals surface area contributed by atoms with Crippen LogP contribution < -0.4 is 14.9 Å². The van der Waals surface area contributed by atoms with Gasteiger partial charge in [0, 0.05) is 24.2 Å². The molecule has 33 heavy (non-hydrogen) atoms. The molecule has 4 rings (SSSR count). The lowest BCUT2D eigenvalue weighted by atomic mass is 9.76. The van der Waals surface area contributed by atoms with Crippen LogP contribution in [0.5, 0.6) is 0 Å². The predicted octanol–water partition coefficient (Wildman–Crippen LogP) is 1.81. The van der Waals surface area contributed by atoms with Crippen LogP contribution in [0, 0.1) is 12.8 Å². The largest absolute Gasteiger partial charge is 0.475 e. The van der Waals surface area contributed by atoms with Crippen molar-refractivity contribution in [1.29, 1.82) is 0 Å². The van der Waals surface area contributed by atoms with Crippen molar-refractivity contribution in [2.75, 3.05) is 37.7 Å². The number of ether oxygens (including phenoxy) is 1. The standard InChI is InChI=1S/C16H25BN4O4S.C7H8/c22-16(20-14(17(23)24)9-12-1-2-12)11-19-26-13-3-4-15(18-10-13)21-5-7-25-8-6-21;1-7-5-3-2-4-6-7/h3-4,10,12,14,19,23-24H,1-2,5-9,11H2,(H,20,22);2-6H,1H3. The summed E-state index contributed by atoms with van der Waals surface area (Å²) < 4.78 is 8.32. The Labute approximate surface area is 200 Å². The van der Waals surface area contributed by atoms with Gasteiger partial charge in [-0.1, -0.05) is 48.7 Å². The molecule has 1 unspecified atom stereocenters. The topological polar surface area (TPSA) is 107 Å². The number of benzene rings is 1. The van der Waals surface area contributed by atoms with E-state index in [9.17, 15) is 14.8 Å². The third-order valence-electron chi connectivity index (χ3n) is 5.41. The number of aromatic nitrogens is 1. The highest BCUT2D eigenvalue weighted by Crippen LogP contribution is 2.33. The normalized spacial score (nSPS) is 16.4. The van der Waals surface area contributed by atoms with Gasteiger partial charge in [0.2, 0.25) is 5.91 Å². The predicted molar refractivity (Wildman–Crippen MR) is 132 cm³/mol. The first-order valence-corrected chi connectivity index (χ1v) is 12.2. The van der Waals surface area contributed by atoms with E-state index in [-0.39, 0.29) is 12.5 Å². The molecule has 2 aliphatic rings. The number of hydrogen-bond donors (Lipinski definition) is 4. The SMILES string of the molecule is Cc1ccccc1.O=C(CNSc1ccc(N2CCOCC2)nc1)NC(CC1CC1)B(O)O. The minimum Gasteiger partial charge on any atom is -0.426 e. The van der Waals surface area contributed by atoms with E-state index < -0.39 is 13.1 Å². The molecule has 4 N–H and O–H groups in total. The van der Waals surface area contributed by atoms with E-state index in [4.69, 9.17) is 4.74 Å². The summed E-state index contributed by atoms with van der Waals surface area (Å²) >= 11 is 1.32. The molecular weight excluding hydrogens is 439 g/mol. The maximum Gasteiger partial charge on any atom is 0.475 e. The number of amides is 1. The molecule has 8 nitrogen and oxygen atoms in total. The summed E-state index contributed by atoms with van der Waals surface area (Å²) in [5, 5.41) is 21.4. The van der Waals surface area contributed by atoms with Crippen molar-refractivity contribution in [1.82, 2.24) is 15.0 Å². The van der Waals surface area contributed by atoms with Crippen LogP contribution in [-0.2, 0) is 9.53 Å². The summed E-state index contributed by atoms with van der Waals surface area (Å²) in [7, 11) is -1.52. The quantitative estimate of drug-likeness (QED) is 0.324. The van der Waals surface area contributed by atoms with Gasteiger partial charge in [0.25, 0.3) is 0 Å². The Kier molecular flexibility index (Phi) is 10.5. The van der Waals surface area contributed by atoms with Gasteiger partial charge < -0.3 is 25.0 Å². The Morgan fingerprint density at radius 1 is 1.21 bits per heavy atom. The summed E-state index contributed by atoms with van der Waals surface area (Å²) in [6.45, 7) is 5.30. The molecule has 1 saturated heterocycles. The fraction of sp³-hybridized carbons (Fsp3) is 0.478. The third-order valence-corrected chi connectivity index (χ3v) is 6.18. The second-order valence-electron chi connectivity index (χ2n) is 8.30. The Morgan fingerprint density at radius 3 is 2.48 bits per heavy atom. The zero-order valence-corrected chi connectivity index (χ0v) is 19.8. The molecule has 178 valence electrons. The first kappa shape index (κ1) is 25.5. The molecule has 1 aliphatic carbocycles. The number of pyridine rings is 1. The molecule has 2 aromatic rings. The van der Waals surface area contributed by atoms with Gasteiger partial charge in [-0.2, -0.15) is 0 Å². The summed E-state index contributed by atoms with van der Waals surface area (Å²) in [5.74, 6) is 0.571. The molecule has 1 atom stereocenters. The summed E-state index contributed by atoms with van der Waals surface area (Å²) in [6, 6.07) is 14.2. The lowest BCUT2D eigenvalue weighted by Crippen LogP contribution is -2.48. The van der Waals surface area contributed by atoms with Crippen LogP contribution in [0.25, 0.3) is 0 Å². The number of rotatable bonds is 9. The van der Waals surface area contributed by atoms with Crippen LogP contribution in [0.1, 0.15) is 24.8 Å². The van der Waals surface area contributed by atoms with E-state index in [1.54, 1.807) is 6.20 Å². The summed E-state index contributed by atoms with van der Waals surface area (Å²) in [6.07, 6.45) is 4.58. The van der Waals surface area contributed by atoms with Gasteiger partial charge in [-0.25, -0.2) is 4.98 Å². The van der Waals surface area contributed by atoms with Crippen molar-refractivity contribution in [3.05, 3.63) is 54.2 Å². The van der Waals surface area contributed by atoms with Gasteiger partial charge in [0.1, 0.15) is 5.82 Å². The second-order valence-corrected chi connectivity index (χ2v) is 9.26. The lowest BCUT2D eigenvalue weighted by Gasteiger charge is -2.27. The molecule has 0 bridgehead atoms. The summed E-state index contributed by atoms with van der Waals surface area (Å²) in [4.78, 5) is 19.5. The number of hydrogen-bond acceptors (Lipinski definition) is 8. The molecule has 2 fully saturated rings. The van der Waals surface area contributed by atoms with Crippen molar-refractivity contribution < 1.29 is 19.6 Å². The minimum atomic E-state index is -1.52. The zero-order chi connectivity index (χ0) is 23.5. The summed E-state index contributed by atoms with van der Waals surface area (Å²) in [5.41, 5.74) is 1.32. The maximum absolute atomic E-state index is 12.0. The third kappa shape index (κ3) is 9.73. The van der Waals surface area contributed by atoms with Crippen molar-refractivity contribution in [3.8, 4) is 0 Å². The Hall–Kier alpha value is -2.11. The van der Waals surface area contributed by atoms with E-state index in [0.29, 0.717) is 12.3 Å². The molecule has 1 amide bonds. The highest BCUT2D eigenvalue weighted by molar-refractivity contribution is 7.97. The van der Waals surface area contributed by atoms with E-state index >= 15 is 0 Å². The van der Waals surface area contributed by atoms with Gasteiger partial charge in [-0.05, 0) is 43.3 Å². The van der Waals surface area contributed by atoms with Crippen molar-refractivity contribution in [2.45, 2.75) is 37.0 Å². The van der Waals surface area contributed by atoms with Crippen LogP contribution >= 0.6 is 11.9 Å².